The minimum Gasteiger partial charge on any atom is -0.362 e. The van der Waals surface area contributed by atoms with Gasteiger partial charge < -0.3 is 15.5 Å². The summed E-state index contributed by atoms with van der Waals surface area (Å²) >= 11 is 5.06. The third kappa shape index (κ3) is 5.19. The van der Waals surface area contributed by atoms with Gasteiger partial charge in [0.1, 0.15) is 5.82 Å². The van der Waals surface area contributed by atoms with Crippen LogP contribution in [0.1, 0.15) is 38.8 Å². The number of nitrogens with zero attached hydrogens (tertiary/aromatic N) is 3. The van der Waals surface area contributed by atoms with Crippen molar-refractivity contribution >= 4 is 29.1 Å². The zero-order valence-corrected chi connectivity index (χ0v) is 14.6. The topological polar surface area (TPSA) is 53.1 Å². The molecule has 0 saturated carbocycles. The molecule has 1 aromatic rings. The van der Waals surface area contributed by atoms with E-state index in [9.17, 15) is 13.2 Å². The molecular formula is C15H22F3N5S. The Labute approximate surface area is 145 Å². The molecule has 1 fully saturated rings. The molecule has 0 amide bonds. The van der Waals surface area contributed by atoms with Crippen molar-refractivity contribution in [1.82, 2.24) is 15.3 Å². The van der Waals surface area contributed by atoms with Gasteiger partial charge in [0.25, 0.3) is 0 Å². The van der Waals surface area contributed by atoms with Crippen molar-refractivity contribution in [2.24, 2.45) is 5.92 Å². The van der Waals surface area contributed by atoms with E-state index in [1.165, 1.54) is 0 Å². The van der Waals surface area contributed by atoms with Crippen LogP contribution in [0.5, 0.6) is 0 Å². The molecule has 1 aliphatic heterocycles. The van der Waals surface area contributed by atoms with Gasteiger partial charge in [-0.25, -0.2) is 4.98 Å². The Morgan fingerprint density at radius 2 is 2.17 bits per heavy atom. The van der Waals surface area contributed by atoms with Crippen LogP contribution in [0.4, 0.5) is 24.9 Å². The lowest BCUT2D eigenvalue weighted by Gasteiger charge is -2.32. The first-order chi connectivity index (χ1) is 11.3. The number of thiocarbonyl (C=S) groups is 1. The van der Waals surface area contributed by atoms with Gasteiger partial charge in [-0.3, -0.25) is 0 Å². The van der Waals surface area contributed by atoms with Crippen molar-refractivity contribution in [3.05, 3.63) is 11.8 Å². The molecule has 2 N–H and O–H groups in total. The van der Waals surface area contributed by atoms with Crippen LogP contribution in [0, 0.1) is 5.92 Å². The summed E-state index contributed by atoms with van der Waals surface area (Å²) in [6.45, 7) is 6.05. The maximum Gasteiger partial charge on any atom is 0.433 e. The van der Waals surface area contributed by atoms with E-state index in [0.717, 1.165) is 25.3 Å². The van der Waals surface area contributed by atoms with Gasteiger partial charge in [-0.1, -0.05) is 13.8 Å². The SMILES string of the molecule is CCCNC(=S)Nc1nc(N2CCC[C@@H](C)C2)cc(C(F)(F)F)n1. The molecular weight excluding hydrogens is 339 g/mol. The first kappa shape index (κ1) is 18.7. The second kappa shape index (κ2) is 7.96. The fraction of sp³-hybridized carbons (Fsp3) is 0.667. The predicted molar refractivity (Wildman–Crippen MR) is 92.2 cm³/mol. The molecule has 0 aromatic carbocycles. The summed E-state index contributed by atoms with van der Waals surface area (Å²) in [4.78, 5) is 9.67. The van der Waals surface area contributed by atoms with Crippen LogP contribution < -0.4 is 15.5 Å². The molecule has 1 saturated heterocycles. The zero-order chi connectivity index (χ0) is 17.7. The Bertz CT molecular complexity index is 579. The van der Waals surface area contributed by atoms with Gasteiger partial charge in [0.15, 0.2) is 10.8 Å². The average Bonchev–Trinajstić information content (AvgIpc) is 2.52. The van der Waals surface area contributed by atoms with Crippen LogP contribution in [0.25, 0.3) is 0 Å². The number of piperidine rings is 1. The van der Waals surface area contributed by atoms with E-state index in [4.69, 9.17) is 12.2 Å². The predicted octanol–water partition coefficient (Wildman–Crippen LogP) is 3.43. The van der Waals surface area contributed by atoms with E-state index in [0.29, 0.717) is 25.6 Å². The molecule has 5 nitrogen and oxygen atoms in total. The quantitative estimate of drug-likeness (QED) is 0.802. The van der Waals surface area contributed by atoms with Gasteiger partial charge in [-0.15, -0.1) is 0 Å². The normalized spacial score (nSPS) is 18.4. The van der Waals surface area contributed by atoms with Crippen molar-refractivity contribution in [2.75, 3.05) is 29.9 Å². The first-order valence-corrected chi connectivity index (χ1v) is 8.46. The van der Waals surface area contributed by atoms with Crippen molar-refractivity contribution in [1.29, 1.82) is 0 Å². The smallest absolute Gasteiger partial charge is 0.362 e. The molecule has 1 atom stereocenters. The van der Waals surface area contributed by atoms with E-state index in [-0.39, 0.29) is 16.9 Å². The summed E-state index contributed by atoms with van der Waals surface area (Å²) in [6, 6.07) is 1.01. The number of rotatable bonds is 4. The Kier molecular flexibility index (Phi) is 6.20. The van der Waals surface area contributed by atoms with Gasteiger partial charge in [0.05, 0.1) is 0 Å². The second-order valence-corrected chi connectivity index (χ2v) is 6.42. The number of alkyl halides is 3. The van der Waals surface area contributed by atoms with Crippen molar-refractivity contribution in [3.8, 4) is 0 Å². The fourth-order valence-electron chi connectivity index (χ4n) is 2.58. The maximum absolute atomic E-state index is 13.1. The van der Waals surface area contributed by atoms with Gasteiger partial charge in [0, 0.05) is 25.7 Å². The lowest BCUT2D eigenvalue weighted by molar-refractivity contribution is -0.141. The highest BCUT2D eigenvalue weighted by Gasteiger charge is 2.34. The monoisotopic (exact) mass is 361 g/mol. The average molecular weight is 361 g/mol. The molecule has 0 aliphatic carbocycles. The third-order valence-electron chi connectivity index (χ3n) is 3.74. The van der Waals surface area contributed by atoms with E-state index < -0.39 is 11.9 Å². The molecule has 2 rings (SSSR count). The number of hydrogen-bond acceptors (Lipinski definition) is 4. The highest BCUT2D eigenvalue weighted by atomic mass is 32.1. The molecule has 0 unspecified atom stereocenters. The number of aromatic nitrogens is 2. The lowest BCUT2D eigenvalue weighted by Crippen LogP contribution is -2.36. The van der Waals surface area contributed by atoms with E-state index in [2.05, 4.69) is 27.5 Å². The largest absolute Gasteiger partial charge is 0.433 e. The molecule has 9 heteroatoms. The van der Waals surface area contributed by atoms with Crippen molar-refractivity contribution in [3.63, 3.8) is 0 Å². The highest BCUT2D eigenvalue weighted by Crippen LogP contribution is 2.31. The molecule has 1 aromatic heterocycles. The lowest BCUT2D eigenvalue weighted by atomic mass is 10.0. The number of nitrogens with one attached hydrogen (secondary N) is 2. The second-order valence-electron chi connectivity index (χ2n) is 6.01. The summed E-state index contributed by atoms with van der Waals surface area (Å²) in [5.74, 6) is 0.572. The van der Waals surface area contributed by atoms with Crippen LogP contribution in [0.2, 0.25) is 0 Å². The zero-order valence-electron chi connectivity index (χ0n) is 13.8. The van der Waals surface area contributed by atoms with Crippen LogP contribution in [0.3, 0.4) is 0 Å². The molecule has 1 aliphatic rings. The highest BCUT2D eigenvalue weighted by molar-refractivity contribution is 7.80. The summed E-state index contributed by atoms with van der Waals surface area (Å²) in [7, 11) is 0. The molecule has 134 valence electrons. The Hall–Kier alpha value is -1.64. The number of halogens is 3. The van der Waals surface area contributed by atoms with Crippen LogP contribution in [0.15, 0.2) is 6.07 Å². The summed E-state index contributed by atoms with van der Waals surface area (Å²) < 4.78 is 39.4. The molecule has 2 heterocycles. The Morgan fingerprint density at radius 1 is 1.42 bits per heavy atom. The van der Waals surface area contributed by atoms with Crippen molar-refractivity contribution in [2.45, 2.75) is 39.3 Å². The summed E-state index contributed by atoms with van der Waals surface area (Å²) in [5, 5.41) is 5.76. The van der Waals surface area contributed by atoms with Gasteiger partial charge in [-0.2, -0.15) is 18.2 Å². The number of hydrogen-bond donors (Lipinski definition) is 2. The van der Waals surface area contributed by atoms with Crippen LogP contribution >= 0.6 is 12.2 Å². The standard InChI is InChI=1S/C15H22F3N5S/c1-3-6-19-14(24)22-13-20-11(15(16,17)18)8-12(21-13)23-7-4-5-10(2)9-23/h8,10H,3-7,9H2,1-2H3,(H2,19,20,21,22,24)/t10-/m1/s1. The molecule has 0 bridgehead atoms. The first-order valence-electron chi connectivity index (χ1n) is 8.05. The van der Waals surface area contributed by atoms with Crippen LogP contribution in [-0.2, 0) is 6.18 Å². The van der Waals surface area contributed by atoms with Gasteiger partial charge in [-0.05, 0) is 37.4 Å². The fourth-order valence-corrected chi connectivity index (χ4v) is 2.77. The molecule has 24 heavy (non-hydrogen) atoms. The van der Waals surface area contributed by atoms with Gasteiger partial charge in [0.2, 0.25) is 5.95 Å². The van der Waals surface area contributed by atoms with E-state index >= 15 is 0 Å². The molecule has 0 spiro atoms. The third-order valence-corrected chi connectivity index (χ3v) is 3.99. The maximum atomic E-state index is 13.1. The molecule has 0 radical (unpaired) electrons. The van der Waals surface area contributed by atoms with E-state index in [1.54, 1.807) is 0 Å². The minimum absolute atomic E-state index is 0.133. The Morgan fingerprint density at radius 3 is 2.79 bits per heavy atom. The van der Waals surface area contributed by atoms with Crippen LogP contribution in [-0.4, -0.2) is 34.7 Å². The minimum atomic E-state index is -4.53. The van der Waals surface area contributed by atoms with Gasteiger partial charge >= 0.3 is 6.18 Å². The Balaban J connectivity index is 2.26. The summed E-state index contributed by atoms with van der Waals surface area (Å²) in [6.07, 6.45) is -1.67. The summed E-state index contributed by atoms with van der Waals surface area (Å²) in [5.41, 5.74) is -0.966. The van der Waals surface area contributed by atoms with Crippen molar-refractivity contribution < 1.29 is 13.2 Å². The number of anilines is 2. The van der Waals surface area contributed by atoms with E-state index in [1.807, 2.05) is 11.8 Å².